The van der Waals surface area contributed by atoms with Crippen LogP contribution in [0.25, 0.3) is 0 Å². The van der Waals surface area contributed by atoms with Crippen LogP contribution in [-0.4, -0.2) is 55.2 Å². The number of hydrogen-bond donors (Lipinski definition) is 0. The van der Waals surface area contributed by atoms with Gasteiger partial charge in [-0.15, -0.1) is 0 Å². The second-order valence-corrected chi connectivity index (χ2v) is 11.2. The van der Waals surface area contributed by atoms with Gasteiger partial charge in [0.05, 0.1) is 14.2 Å². The van der Waals surface area contributed by atoms with E-state index in [9.17, 15) is 0 Å². The van der Waals surface area contributed by atoms with E-state index < -0.39 is 0 Å². The van der Waals surface area contributed by atoms with E-state index in [1.807, 2.05) is 0 Å². The fourth-order valence-electron chi connectivity index (χ4n) is 5.41. The lowest BCUT2D eigenvalue weighted by molar-refractivity contribution is -0.0317. The predicted molar refractivity (Wildman–Crippen MR) is 172 cm³/mol. The molecule has 42 heavy (non-hydrogen) atoms. The van der Waals surface area contributed by atoms with E-state index in [2.05, 4.69) is 36.4 Å². The van der Waals surface area contributed by atoms with E-state index in [0.29, 0.717) is 13.6 Å². The van der Waals surface area contributed by atoms with E-state index in [-0.39, 0.29) is 0 Å². The van der Waals surface area contributed by atoms with Crippen LogP contribution >= 0.6 is 0 Å². The minimum Gasteiger partial charge on any atom is -0.496 e. The average molecular weight is 587 g/mol. The monoisotopic (exact) mass is 586 g/mol. The first-order valence-corrected chi connectivity index (χ1v) is 16.2. The molecule has 0 bridgehead atoms. The molecule has 0 aliphatic rings. The van der Waals surface area contributed by atoms with Crippen molar-refractivity contribution >= 4 is 0 Å². The fraction of sp³-hybridized carbons (Fsp3) is 0.667. The van der Waals surface area contributed by atoms with Crippen LogP contribution in [0, 0.1) is 0 Å². The highest BCUT2D eigenvalue weighted by molar-refractivity contribution is 5.38. The van der Waals surface area contributed by atoms with Gasteiger partial charge in [0.15, 0.2) is 0 Å². The molecule has 0 radical (unpaired) electrons. The molecule has 2 rings (SSSR count). The fourth-order valence-corrected chi connectivity index (χ4v) is 5.41. The molecule has 0 fully saturated rings. The Kier molecular flexibility index (Phi) is 20.9. The van der Waals surface area contributed by atoms with Crippen LogP contribution in [0.5, 0.6) is 11.5 Å². The molecule has 0 N–H and O–H groups in total. The molecule has 0 unspecified atom stereocenters. The van der Waals surface area contributed by atoms with Crippen molar-refractivity contribution in [1.82, 2.24) is 0 Å². The molecule has 0 spiro atoms. The molecule has 2 aromatic rings. The Bertz CT molecular complexity index is 856. The van der Waals surface area contributed by atoms with E-state index in [0.717, 1.165) is 63.2 Å². The van der Waals surface area contributed by atoms with Gasteiger partial charge >= 0.3 is 0 Å². The lowest BCUT2D eigenvalue weighted by Gasteiger charge is -2.12. The van der Waals surface area contributed by atoms with Crippen molar-refractivity contribution in [3.63, 3.8) is 0 Å². The first-order chi connectivity index (χ1) is 20.7. The van der Waals surface area contributed by atoms with Crippen LogP contribution in [0.4, 0.5) is 0 Å². The standard InChI is InChI=1S/C36H58O6/c1-37-29-41-25-15-9-7-11-17-31-21-23-35(39-3)33(27-31)19-13-5-6-14-20-34-28-32(22-24-36(34)40-4)18-12-8-10-16-26-42-30-38-2/h21-24,27-28H,5-20,25-26,29-30H2,1-4H3. The molecule has 0 aromatic heterocycles. The summed E-state index contributed by atoms with van der Waals surface area (Å²) in [6, 6.07) is 13.5. The third-order valence-electron chi connectivity index (χ3n) is 7.74. The zero-order valence-electron chi connectivity index (χ0n) is 27.1. The van der Waals surface area contributed by atoms with Crippen molar-refractivity contribution in [2.75, 3.05) is 55.2 Å². The second kappa shape index (κ2) is 24.3. The van der Waals surface area contributed by atoms with Gasteiger partial charge in [-0.3, -0.25) is 0 Å². The largest absolute Gasteiger partial charge is 0.496 e. The van der Waals surface area contributed by atoms with Gasteiger partial charge in [-0.1, -0.05) is 62.8 Å². The van der Waals surface area contributed by atoms with Gasteiger partial charge in [-0.2, -0.15) is 0 Å². The first kappa shape index (κ1) is 36.1. The minimum absolute atomic E-state index is 0.394. The van der Waals surface area contributed by atoms with Crippen LogP contribution in [-0.2, 0) is 44.6 Å². The summed E-state index contributed by atoms with van der Waals surface area (Å²) < 4.78 is 31.9. The normalized spacial score (nSPS) is 11.2. The number of benzene rings is 2. The van der Waals surface area contributed by atoms with Crippen LogP contribution < -0.4 is 9.47 Å². The molecular weight excluding hydrogens is 528 g/mol. The zero-order chi connectivity index (χ0) is 30.1. The third kappa shape index (κ3) is 15.9. The third-order valence-corrected chi connectivity index (χ3v) is 7.74. The minimum atomic E-state index is 0.394. The van der Waals surface area contributed by atoms with Crippen molar-refractivity contribution < 1.29 is 28.4 Å². The number of unbranched alkanes of at least 4 members (excludes halogenated alkanes) is 9. The maximum atomic E-state index is 5.68. The van der Waals surface area contributed by atoms with Crippen LogP contribution in [0.2, 0.25) is 0 Å². The van der Waals surface area contributed by atoms with Gasteiger partial charge in [0.2, 0.25) is 0 Å². The van der Waals surface area contributed by atoms with Crippen molar-refractivity contribution in [2.24, 2.45) is 0 Å². The maximum Gasteiger partial charge on any atom is 0.146 e. The Morgan fingerprint density at radius 3 is 1.19 bits per heavy atom. The zero-order valence-corrected chi connectivity index (χ0v) is 27.1. The summed E-state index contributed by atoms with van der Waals surface area (Å²) in [4.78, 5) is 0. The lowest BCUT2D eigenvalue weighted by atomic mass is 9.98. The summed E-state index contributed by atoms with van der Waals surface area (Å²) in [5, 5.41) is 0. The van der Waals surface area contributed by atoms with Crippen LogP contribution in [0.1, 0.15) is 99.3 Å². The van der Waals surface area contributed by atoms with Crippen molar-refractivity contribution in [3.05, 3.63) is 58.7 Å². The van der Waals surface area contributed by atoms with Gasteiger partial charge in [-0.25, -0.2) is 0 Å². The molecule has 0 saturated heterocycles. The van der Waals surface area contributed by atoms with E-state index in [1.54, 1.807) is 28.4 Å². The second-order valence-electron chi connectivity index (χ2n) is 11.2. The summed E-state index contributed by atoms with van der Waals surface area (Å²) in [6.07, 6.45) is 18.7. The van der Waals surface area contributed by atoms with Gasteiger partial charge in [0.25, 0.3) is 0 Å². The highest BCUT2D eigenvalue weighted by Gasteiger charge is 2.07. The smallest absolute Gasteiger partial charge is 0.146 e. The van der Waals surface area contributed by atoms with E-state index in [1.165, 1.54) is 86.5 Å². The molecule has 0 heterocycles. The topological polar surface area (TPSA) is 55.4 Å². The summed E-state index contributed by atoms with van der Waals surface area (Å²) in [6.45, 7) is 2.36. The summed E-state index contributed by atoms with van der Waals surface area (Å²) >= 11 is 0. The predicted octanol–water partition coefficient (Wildman–Crippen LogP) is 8.50. The highest BCUT2D eigenvalue weighted by Crippen LogP contribution is 2.25. The number of ether oxygens (including phenoxy) is 6. The number of methoxy groups -OCH3 is 4. The first-order valence-electron chi connectivity index (χ1n) is 16.2. The maximum absolute atomic E-state index is 5.68. The molecule has 0 amide bonds. The molecule has 6 heteroatoms. The van der Waals surface area contributed by atoms with Crippen LogP contribution in [0.15, 0.2) is 36.4 Å². The Balaban J connectivity index is 1.67. The number of rotatable bonds is 27. The number of aryl methyl sites for hydroxylation is 4. The molecule has 0 atom stereocenters. The lowest BCUT2D eigenvalue weighted by Crippen LogP contribution is -1.99. The average Bonchev–Trinajstić information content (AvgIpc) is 3.01. The van der Waals surface area contributed by atoms with Gasteiger partial charge in [-0.05, 0) is 98.6 Å². The van der Waals surface area contributed by atoms with Gasteiger partial charge in [0.1, 0.15) is 25.1 Å². The van der Waals surface area contributed by atoms with Crippen LogP contribution in [0.3, 0.4) is 0 Å². The molecule has 0 aliphatic carbocycles. The van der Waals surface area contributed by atoms with Crippen molar-refractivity contribution in [3.8, 4) is 11.5 Å². The van der Waals surface area contributed by atoms with E-state index in [4.69, 9.17) is 28.4 Å². The summed E-state index contributed by atoms with van der Waals surface area (Å²) in [5.74, 6) is 2.05. The molecule has 238 valence electrons. The van der Waals surface area contributed by atoms with Crippen molar-refractivity contribution in [1.29, 1.82) is 0 Å². The summed E-state index contributed by atoms with van der Waals surface area (Å²) in [5.41, 5.74) is 5.54. The SMILES string of the molecule is COCOCCCCCCc1ccc(OC)c(CCCCCCc2cc(CCCCCCOCOC)ccc2OC)c1. The molecule has 0 saturated carbocycles. The highest BCUT2D eigenvalue weighted by atomic mass is 16.7. The van der Waals surface area contributed by atoms with E-state index >= 15 is 0 Å². The Morgan fingerprint density at radius 1 is 0.429 bits per heavy atom. The number of hydrogen-bond acceptors (Lipinski definition) is 6. The quantitative estimate of drug-likeness (QED) is 0.0773. The molecule has 6 nitrogen and oxygen atoms in total. The van der Waals surface area contributed by atoms with Gasteiger partial charge < -0.3 is 28.4 Å². The molecule has 0 aliphatic heterocycles. The van der Waals surface area contributed by atoms with Gasteiger partial charge in [0, 0.05) is 27.4 Å². The molecule has 2 aromatic carbocycles. The summed E-state index contributed by atoms with van der Waals surface area (Å²) in [7, 11) is 6.89. The molecular formula is C36H58O6. The Hall–Kier alpha value is -2.12. The Morgan fingerprint density at radius 2 is 0.810 bits per heavy atom. The Labute approximate surface area is 256 Å². The van der Waals surface area contributed by atoms with Crippen molar-refractivity contribution in [2.45, 2.75) is 103 Å².